The van der Waals surface area contributed by atoms with Gasteiger partial charge in [0.2, 0.25) is 11.8 Å². The molecule has 0 saturated heterocycles. The minimum absolute atomic E-state index is 0.00614. The molecule has 0 saturated carbocycles. The van der Waals surface area contributed by atoms with Crippen LogP contribution in [-0.4, -0.2) is 24.3 Å². The third-order valence-corrected chi connectivity index (χ3v) is 5.00. The Morgan fingerprint density at radius 2 is 1.34 bits per heavy atom. The molecule has 0 fully saturated rings. The van der Waals surface area contributed by atoms with Gasteiger partial charge >= 0.3 is 0 Å². The van der Waals surface area contributed by atoms with Gasteiger partial charge in [0.05, 0.1) is 4.47 Å². The van der Waals surface area contributed by atoms with E-state index in [0.29, 0.717) is 15.9 Å². The van der Waals surface area contributed by atoms with Gasteiger partial charge < -0.3 is 10.1 Å². The topological polar surface area (TPSA) is 96.5 Å². The quantitative estimate of drug-likeness (QED) is 0.410. The number of halogens is 1. The van der Waals surface area contributed by atoms with E-state index in [9.17, 15) is 14.4 Å². The number of benzene rings is 3. The van der Waals surface area contributed by atoms with Crippen LogP contribution in [0.1, 0.15) is 12.8 Å². The molecule has 0 aliphatic heterocycles. The van der Waals surface area contributed by atoms with Gasteiger partial charge in [-0.05, 0) is 51.3 Å². The lowest BCUT2D eigenvalue weighted by atomic mass is 10.1. The summed E-state index contributed by atoms with van der Waals surface area (Å²) in [4.78, 5) is 35.7. The fraction of sp³-hybridized carbons (Fsp3) is 0.125. The molecule has 0 aromatic heterocycles. The molecule has 3 amide bonds. The summed E-state index contributed by atoms with van der Waals surface area (Å²) in [6.45, 7) is -0.280. The second-order valence-electron chi connectivity index (χ2n) is 6.81. The lowest BCUT2D eigenvalue weighted by molar-refractivity contribution is -0.130. The van der Waals surface area contributed by atoms with E-state index in [4.69, 9.17) is 4.74 Å². The molecule has 3 N–H and O–H groups in total. The first-order valence-electron chi connectivity index (χ1n) is 9.91. The van der Waals surface area contributed by atoms with Crippen LogP contribution < -0.4 is 20.9 Å². The highest BCUT2D eigenvalue weighted by Crippen LogP contribution is 2.30. The Labute approximate surface area is 194 Å². The molecule has 0 unspecified atom stereocenters. The monoisotopic (exact) mass is 495 g/mol. The largest absolute Gasteiger partial charge is 0.483 e. The van der Waals surface area contributed by atoms with Gasteiger partial charge in [0.1, 0.15) is 5.75 Å². The van der Waals surface area contributed by atoms with E-state index in [-0.39, 0.29) is 25.4 Å². The average Bonchev–Trinajstić information content (AvgIpc) is 2.82. The van der Waals surface area contributed by atoms with Crippen molar-refractivity contribution in [2.75, 3.05) is 11.9 Å². The Morgan fingerprint density at radius 3 is 2.03 bits per heavy atom. The molecule has 164 valence electrons. The van der Waals surface area contributed by atoms with Crippen LogP contribution in [0, 0.1) is 0 Å². The average molecular weight is 496 g/mol. The zero-order valence-corrected chi connectivity index (χ0v) is 18.7. The Kier molecular flexibility index (Phi) is 8.39. The standard InChI is InChI=1S/C24H22BrN3O4/c25-20-15-18(17-7-3-1-4-8-17)11-12-21(20)32-16-24(31)28-27-23(30)14-13-22(29)26-19-9-5-2-6-10-19/h1-12,15H,13-14,16H2,(H,26,29)(H,27,30)(H,28,31). The van der Waals surface area contributed by atoms with Crippen molar-refractivity contribution in [3.8, 4) is 16.9 Å². The van der Waals surface area contributed by atoms with E-state index in [1.54, 1.807) is 30.3 Å². The van der Waals surface area contributed by atoms with E-state index < -0.39 is 11.8 Å². The van der Waals surface area contributed by atoms with Gasteiger partial charge in [0, 0.05) is 18.5 Å². The number of para-hydroxylation sites is 1. The SMILES string of the molecule is O=C(CCC(=O)Nc1ccccc1)NNC(=O)COc1ccc(-c2ccccc2)cc1Br. The Hall–Kier alpha value is -3.65. The molecular weight excluding hydrogens is 474 g/mol. The van der Waals surface area contributed by atoms with Gasteiger partial charge in [0.25, 0.3) is 5.91 Å². The van der Waals surface area contributed by atoms with Crippen LogP contribution in [0.4, 0.5) is 5.69 Å². The van der Waals surface area contributed by atoms with Crippen LogP contribution in [0.2, 0.25) is 0 Å². The normalized spacial score (nSPS) is 10.2. The second-order valence-corrected chi connectivity index (χ2v) is 7.66. The molecule has 0 aliphatic rings. The molecule has 32 heavy (non-hydrogen) atoms. The van der Waals surface area contributed by atoms with E-state index in [0.717, 1.165) is 11.1 Å². The molecule has 3 aromatic rings. The third kappa shape index (κ3) is 7.24. The van der Waals surface area contributed by atoms with E-state index in [1.165, 1.54) is 0 Å². The lowest BCUT2D eigenvalue weighted by Crippen LogP contribution is -2.44. The molecule has 0 spiro atoms. The van der Waals surface area contributed by atoms with Crippen LogP contribution in [-0.2, 0) is 14.4 Å². The zero-order chi connectivity index (χ0) is 22.8. The van der Waals surface area contributed by atoms with E-state index in [2.05, 4.69) is 32.1 Å². The molecule has 3 aromatic carbocycles. The molecule has 3 rings (SSSR count). The van der Waals surface area contributed by atoms with Gasteiger partial charge in [-0.3, -0.25) is 25.2 Å². The molecule has 0 atom stereocenters. The molecule has 0 bridgehead atoms. The number of carbonyl (C=O) groups excluding carboxylic acids is 3. The zero-order valence-electron chi connectivity index (χ0n) is 17.1. The smallest absolute Gasteiger partial charge is 0.276 e. The summed E-state index contributed by atoms with van der Waals surface area (Å²) in [5, 5.41) is 2.69. The van der Waals surface area contributed by atoms with Crippen LogP contribution in [0.25, 0.3) is 11.1 Å². The number of ether oxygens (including phenoxy) is 1. The maximum absolute atomic E-state index is 12.0. The Bertz CT molecular complexity index is 1080. The van der Waals surface area contributed by atoms with Crippen molar-refractivity contribution >= 4 is 39.3 Å². The molecule has 0 radical (unpaired) electrons. The van der Waals surface area contributed by atoms with E-state index in [1.807, 2.05) is 48.5 Å². The first-order chi connectivity index (χ1) is 15.5. The summed E-state index contributed by atoms with van der Waals surface area (Å²) in [7, 11) is 0. The molecule has 0 aliphatic carbocycles. The van der Waals surface area contributed by atoms with Crippen molar-refractivity contribution < 1.29 is 19.1 Å². The highest BCUT2D eigenvalue weighted by atomic mass is 79.9. The van der Waals surface area contributed by atoms with Crippen molar-refractivity contribution in [2.24, 2.45) is 0 Å². The number of hydrogen-bond acceptors (Lipinski definition) is 4. The Balaban J connectivity index is 1.37. The maximum Gasteiger partial charge on any atom is 0.276 e. The highest BCUT2D eigenvalue weighted by molar-refractivity contribution is 9.10. The van der Waals surface area contributed by atoms with Gasteiger partial charge in [-0.25, -0.2) is 0 Å². The van der Waals surface area contributed by atoms with Crippen molar-refractivity contribution in [3.63, 3.8) is 0 Å². The van der Waals surface area contributed by atoms with Gasteiger partial charge in [-0.1, -0.05) is 54.6 Å². The summed E-state index contributed by atoms with van der Waals surface area (Å²) in [5.41, 5.74) is 7.28. The van der Waals surface area contributed by atoms with Crippen molar-refractivity contribution in [1.82, 2.24) is 10.9 Å². The maximum atomic E-state index is 12.0. The second kappa shape index (κ2) is 11.7. The first kappa shape index (κ1) is 23.0. The number of anilines is 1. The predicted octanol–water partition coefficient (Wildman–Crippen LogP) is 4.06. The first-order valence-corrected chi connectivity index (χ1v) is 10.7. The molecule has 0 heterocycles. The van der Waals surface area contributed by atoms with Crippen molar-refractivity contribution in [3.05, 3.63) is 83.3 Å². The highest BCUT2D eigenvalue weighted by Gasteiger charge is 2.10. The van der Waals surface area contributed by atoms with Crippen LogP contribution in [0.5, 0.6) is 5.75 Å². The number of amides is 3. The van der Waals surface area contributed by atoms with Crippen LogP contribution in [0.3, 0.4) is 0 Å². The fourth-order valence-electron chi connectivity index (χ4n) is 2.78. The molecule has 7 nitrogen and oxygen atoms in total. The van der Waals surface area contributed by atoms with Crippen LogP contribution in [0.15, 0.2) is 83.3 Å². The van der Waals surface area contributed by atoms with Crippen molar-refractivity contribution in [2.45, 2.75) is 12.8 Å². The summed E-state index contributed by atoms with van der Waals surface area (Å²) in [6.07, 6.45) is -0.0693. The Morgan fingerprint density at radius 1 is 0.719 bits per heavy atom. The van der Waals surface area contributed by atoms with E-state index >= 15 is 0 Å². The minimum atomic E-state index is -0.522. The van der Waals surface area contributed by atoms with Crippen molar-refractivity contribution in [1.29, 1.82) is 0 Å². The van der Waals surface area contributed by atoms with Crippen LogP contribution >= 0.6 is 15.9 Å². The predicted molar refractivity (Wildman–Crippen MR) is 126 cm³/mol. The summed E-state index contributed by atoms with van der Waals surface area (Å²) < 4.78 is 6.22. The lowest BCUT2D eigenvalue weighted by Gasteiger charge is -2.11. The van der Waals surface area contributed by atoms with Gasteiger partial charge in [-0.2, -0.15) is 0 Å². The summed E-state index contributed by atoms with van der Waals surface area (Å²) in [6, 6.07) is 24.4. The summed E-state index contributed by atoms with van der Waals surface area (Å²) in [5.74, 6) is -0.783. The number of rotatable bonds is 8. The number of hydrazine groups is 1. The number of hydrogen-bond donors (Lipinski definition) is 3. The summed E-state index contributed by atoms with van der Waals surface area (Å²) >= 11 is 3.45. The number of nitrogens with one attached hydrogen (secondary N) is 3. The fourth-order valence-corrected chi connectivity index (χ4v) is 3.27. The molecular formula is C24H22BrN3O4. The van der Waals surface area contributed by atoms with Gasteiger partial charge in [0.15, 0.2) is 6.61 Å². The third-order valence-electron chi connectivity index (χ3n) is 4.38. The molecule has 8 heteroatoms. The minimum Gasteiger partial charge on any atom is -0.483 e. The van der Waals surface area contributed by atoms with Gasteiger partial charge in [-0.15, -0.1) is 0 Å². The number of carbonyl (C=O) groups is 3.